The summed E-state index contributed by atoms with van der Waals surface area (Å²) in [4.78, 5) is 0. The summed E-state index contributed by atoms with van der Waals surface area (Å²) >= 11 is 4.05. The molecule has 1 nitrogen and oxygen atoms in total. The average Bonchev–Trinajstić information content (AvgIpc) is 2.04. The maximum absolute atomic E-state index is 12.2. The van der Waals surface area contributed by atoms with E-state index in [-0.39, 0.29) is 0 Å². The molecule has 0 heterocycles. The largest absolute Gasteiger partial charge is 0.416 e. The second-order valence-electron chi connectivity index (χ2n) is 2.14. The zero-order chi connectivity index (χ0) is 11.2. The van der Waals surface area contributed by atoms with Crippen molar-refractivity contribution in [3.8, 4) is 0 Å². The standard InChI is InChI=1S/C7H4F4.CH3NS/c8-6-3-1-2-5(4-6)7(9,10)11;2-1-3/h1-4H;1H,(H2,2,3). The number of nitrogens with two attached hydrogens (primary N) is 1. The van der Waals surface area contributed by atoms with Crippen LogP contribution < -0.4 is 5.73 Å². The zero-order valence-corrected chi connectivity index (χ0v) is 7.70. The van der Waals surface area contributed by atoms with E-state index in [1.54, 1.807) is 0 Å². The molecule has 0 amide bonds. The van der Waals surface area contributed by atoms with Crippen LogP contribution >= 0.6 is 12.2 Å². The zero-order valence-electron chi connectivity index (χ0n) is 6.88. The second kappa shape index (κ2) is 5.54. The third-order valence-corrected chi connectivity index (χ3v) is 1.15. The lowest BCUT2D eigenvalue weighted by atomic mass is 10.2. The number of hydrogen-bond acceptors (Lipinski definition) is 1. The van der Waals surface area contributed by atoms with Gasteiger partial charge in [-0.25, -0.2) is 4.39 Å². The quantitative estimate of drug-likeness (QED) is 0.542. The summed E-state index contributed by atoms with van der Waals surface area (Å²) in [6.45, 7) is 0. The molecule has 0 saturated carbocycles. The van der Waals surface area contributed by atoms with Crippen molar-refractivity contribution in [3.05, 3.63) is 35.6 Å². The van der Waals surface area contributed by atoms with Crippen LogP contribution in [0.1, 0.15) is 5.56 Å². The molecule has 2 N–H and O–H groups in total. The van der Waals surface area contributed by atoms with Crippen LogP contribution in [0.5, 0.6) is 0 Å². The number of hydrogen-bond donors (Lipinski definition) is 1. The summed E-state index contributed by atoms with van der Waals surface area (Å²) in [5.41, 5.74) is 4.66. The normalized spacial score (nSPS) is 10.0. The summed E-state index contributed by atoms with van der Waals surface area (Å²) in [6.07, 6.45) is -4.46. The van der Waals surface area contributed by atoms with E-state index >= 15 is 0 Å². The molecule has 0 spiro atoms. The molecular weight excluding hydrogens is 218 g/mol. The van der Waals surface area contributed by atoms with Crippen molar-refractivity contribution in [1.82, 2.24) is 0 Å². The molecule has 0 fully saturated rings. The molecule has 0 unspecified atom stereocenters. The third-order valence-electron chi connectivity index (χ3n) is 1.15. The lowest BCUT2D eigenvalue weighted by molar-refractivity contribution is -0.137. The van der Waals surface area contributed by atoms with Crippen LogP contribution in [0.4, 0.5) is 17.6 Å². The highest BCUT2D eigenvalue weighted by atomic mass is 32.1. The van der Waals surface area contributed by atoms with Crippen molar-refractivity contribution in [2.45, 2.75) is 6.18 Å². The van der Waals surface area contributed by atoms with Crippen LogP contribution in [0.2, 0.25) is 0 Å². The molecule has 0 aromatic heterocycles. The van der Waals surface area contributed by atoms with Gasteiger partial charge in [0.05, 0.1) is 11.1 Å². The molecule has 0 aliphatic carbocycles. The summed E-state index contributed by atoms with van der Waals surface area (Å²) < 4.78 is 47.6. The lowest BCUT2D eigenvalue weighted by Crippen LogP contribution is -2.04. The van der Waals surface area contributed by atoms with Crippen LogP contribution in [0.25, 0.3) is 0 Å². The van der Waals surface area contributed by atoms with E-state index in [1.165, 1.54) is 0 Å². The van der Waals surface area contributed by atoms with Gasteiger partial charge in [-0.3, -0.25) is 0 Å². The van der Waals surface area contributed by atoms with Crippen LogP contribution in [0.15, 0.2) is 24.3 Å². The van der Waals surface area contributed by atoms with E-state index in [0.29, 0.717) is 6.07 Å². The fourth-order valence-corrected chi connectivity index (χ4v) is 0.665. The first-order chi connectivity index (χ1) is 6.41. The van der Waals surface area contributed by atoms with E-state index < -0.39 is 17.6 Å². The first-order valence-electron chi connectivity index (χ1n) is 3.40. The van der Waals surface area contributed by atoms with Gasteiger partial charge >= 0.3 is 6.18 Å². The summed E-state index contributed by atoms with van der Waals surface area (Å²) in [5.74, 6) is -0.875. The van der Waals surface area contributed by atoms with Crippen LogP contribution in [0.3, 0.4) is 0 Å². The van der Waals surface area contributed by atoms with Crippen LogP contribution in [-0.2, 0) is 6.18 Å². The molecule has 78 valence electrons. The SMILES string of the molecule is Fc1cccc(C(F)(F)F)c1.NC=S. The Morgan fingerprint density at radius 3 is 2.07 bits per heavy atom. The van der Waals surface area contributed by atoms with Gasteiger partial charge < -0.3 is 5.73 Å². The first-order valence-corrected chi connectivity index (χ1v) is 3.87. The minimum atomic E-state index is -4.46. The molecule has 6 heteroatoms. The van der Waals surface area contributed by atoms with E-state index in [2.05, 4.69) is 18.0 Å². The first kappa shape index (κ1) is 12.8. The molecular formula is C8H7F4NS. The highest BCUT2D eigenvalue weighted by Gasteiger charge is 2.30. The lowest BCUT2D eigenvalue weighted by Gasteiger charge is -2.04. The fraction of sp³-hybridized carbons (Fsp3) is 0.125. The molecule has 1 rings (SSSR count). The molecule has 14 heavy (non-hydrogen) atoms. The maximum Gasteiger partial charge on any atom is 0.416 e. The van der Waals surface area contributed by atoms with Gasteiger partial charge in [0.25, 0.3) is 0 Å². The number of thiocarbonyl (C=S) groups is 1. The topological polar surface area (TPSA) is 26.0 Å². The Morgan fingerprint density at radius 1 is 1.29 bits per heavy atom. The molecule has 1 aromatic carbocycles. The Bertz CT molecular complexity index is 298. The van der Waals surface area contributed by atoms with Crippen molar-refractivity contribution in [2.75, 3.05) is 0 Å². The molecule has 0 radical (unpaired) electrons. The van der Waals surface area contributed by atoms with Crippen molar-refractivity contribution in [2.24, 2.45) is 5.73 Å². The predicted octanol–water partition coefficient (Wildman–Crippen LogP) is 2.75. The van der Waals surface area contributed by atoms with Gasteiger partial charge in [-0.05, 0) is 18.2 Å². The van der Waals surface area contributed by atoms with Gasteiger partial charge in [-0.1, -0.05) is 18.3 Å². The van der Waals surface area contributed by atoms with Gasteiger partial charge in [0.1, 0.15) is 5.82 Å². The monoisotopic (exact) mass is 225 g/mol. The Balaban J connectivity index is 0.000000500. The number of rotatable bonds is 0. The minimum absolute atomic E-state index is 0.458. The van der Waals surface area contributed by atoms with E-state index in [1.807, 2.05) is 0 Å². The van der Waals surface area contributed by atoms with Crippen molar-refractivity contribution >= 4 is 17.7 Å². The molecule has 0 bridgehead atoms. The highest BCUT2D eigenvalue weighted by Crippen LogP contribution is 2.28. The summed E-state index contributed by atoms with van der Waals surface area (Å²) in [5, 5.41) is 0. The Kier molecular flexibility index (Phi) is 5.07. The Labute approximate surface area is 83.5 Å². The van der Waals surface area contributed by atoms with Crippen molar-refractivity contribution in [3.63, 3.8) is 0 Å². The highest BCUT2D eigenvalue weighted by molar-refractivity contribution is 7.78. The van der Waals surface area contributed by atoms with Gasteiger partial charge in [0.2, 0.25) is 0 Å². The van der Waals surface area contributed by atoms with Crippen LogP contribution in [0, 0.1) is 5.82 Å². The summed E-state index contributed by atoms with van der Waals surface area (Å²) in [6, 6.07) is 3.27. The average molecular weight is 225 g/mol. The fourth-order valence-electron chi connectivity index (χ4n) is 0.665. The van der Waals surface area contributed by atoms with Gasteiger partial charge in [0.15, 0.2) is 0 Å². The van der Waals surface area contributed by atoms with E-state index in [9.17, 15) is 17.6 Å². The van der Waals surface area contributed by atoms with Crippen LogP contribution in [-0.4, -0.2) is 5.49 Å². The van der Waals surface area contributed by atoms with Crippen molar-refractivity contribution in [1.29, 1.82) is 0 Å². The second-order valence-corrected chi connectivity index (χ2v) is 2.42. The smallest absolute Gasteiger partial charge is 0.396 e. The maximum atomic E-state index is 12.2. The number of halogens is 4. The van der Waals surface area contributed by atoms with Gasteiger partial charge in [0, 0.05) is 0 Å². The van der Waals surface area contributed by atoms with Gasteiger partial charge in [-0.15, -0.1) is 0 Å². The number of alkyl halides is 3. The molecule has 0 saturated heterocycles. The molecule has 0 aliphatic rings. The third kappa shape index (κ3) is 4.76. The Hall–Kier alpha value is -1.17. The van der Waals surface area contributed by atoms with E-state index in [4.69, 9.17) is 0 Å². The van der Waals surface area contributed by atoms with Gasteiger partial charge in [-0.2, -0.15) is 13.2 Å². The minimum Gasteiger partial charge on any atom is -0.396 e. The van der Waals surface area contributed by atoms with Crippen molar-refractivity contribution < 1.29 is 17.6 Å². The molecule has 0 aliphatic heterocycles. The molecule has 0 atom stereocenters. The Morgan fingerprint density at radius 2 is 1.79 bits per heavy atom. The number of benzene rings is 1. The van der Waals surface area contributed by atoms with E-state index in [0.717, 1.165) is 23.7 Å². The summed E-state index contributed by atoms with van der Waals surface area (Å²) in [7, 11) is 0. The predicted molar refractivity (Wildman–Crippen MR) is 49.2 cm³/mol. The molecule has 1 aromatic rings.